The maximum atomic E-state index is 12.4. The Bertz CT molecular complexity index is 333. The molecule has 1 rings (SSSR count). The van der Waals surface area contributed by atoms with Gasteiger partial charge in [-0.05, 0) is 26.0 Å². The van der Waals surface area contributed by atoms with E-state index in [1.165, 1.54) is 12.3 Å². The lowest BCUT2D eigenvalue weighted by atomic mass is 9.80. The van der Waals surface area contributed by atoms with Crippen molar-refractivity contribution >= 4 is 12.4 Å². The molecule has 0 spiro atoms. The van der Waals surface area contributed by atoms with Gasteiger partial charge in [0.05, 0.1) is 0 Å². The van der Waals surface area contributed by atoms with E-state index in [9.17, 15) is 12.9 Å². The molecule has 1 aromatic heterocycles. The van der Waals surface area contributed by atoms with E-state index in [0.29, 0.717) is 5.69 Å². The first-order chi connectivity index (χ1) is 6.32. The first-order valence-electron chi connectivity index (χ1n) is 4.54. The molecule has 0 aliphatic rings. The summed E-state index contributed by atoms with van der Waals surface area (Å²) in [5.74, 6) is 0. The maximum Gasteiger partial charge on any atom is 0.510 e. The molecule has 1 aromatic rings. The molecule has 0 radical (unpaired) electrons. The largest absolute Gasteiger partial charge is 0.510 e. The van der Waals surface area contributed by atoms with Crippen LogP contribution in [0.1, 0.15) is 25.6 Å². The summed E-state index contributed by atoms with van der Waals surface area (Å²) in [4.78, 5) is 0. The molecule has 0 amide bonds. The fourth-order valence-corrected chi connectivity index (χ4v) is 1.43. The first-order valence-corrected chi connectivity index (χ1v) is 4.54. The van der Waals surface area contributed by atoms with E-state index in [1.807, 2.05) is 18.4 Å². The van der Waals surface area contributed by atoms with Gasteiger partial charge in [-0.1, -0.05) is 5.46 Å². The second-order valence-electron chi connectivity index (χ2n) is 3.68. The highest BCUT2D eigenvalue weighted by molar-refractivity contribution is 6.73. The fraction of sp³-hybridized carbons (Fsp3) is 0.444. The summed E-state index contributed by atoms with van der Waals surface area (Å²) >= 11 is 0. The Morgan fingerprint density at radius 1 is 1.29 bits per heavy atom. The van der Waals surface area contributed by atoms with Crippen LogP contribution in [0, 0.1) is 6.92 Å². The summed E-state index contributed by atoms with van der Waals surface area (Å²) in [5, 5.41) is 0. The van der Waals surface area contributed by atoms with Crippen LogP contribution in [-0.2, 0) is 0 Å². The molecule has 0 aliphatic heterocycles. The van der Waals surface area contributed by atoms with Crippen molar-refractivity contribution in [3.63, 3.8) is 0 Å². The number of hydrogen-bond acceptors (Lipinski definition) is 0. The molecule has 0 N–H and O–H groups in total. The van der Waals surface area contributed by atoms with Gasteiger partial charge in [-0.25, -0.2) is 4.57 Å². The monoisotopic (exact) mass is 203 g/mol. The minimum atomic E-state index is -4.87. The van der Waals surface area contributed by atoms with Crippen LogP contribution in [0.3, 0.4) is 0 Å². The smallest absolute Gasteiger partial charge is 0.445 e. The Balaban J connectivity index is 3.13. The Morgan fingerprint density at radius 2 is 1.86 bits per heavy atom. The average molecular weight is 203 g/mol. The summed E-state index contributed by atoms with van der Waals surface area (Å²) in [6, 6.07) is 2.51. The second kappa shape index (κ2) is 3.63. The van der Waals surface area contributed by atoms with Crippen molar-refractivity contribution < 1.29 is 17.5 Å². The normalized spacial score (nSPS) is 12.2. The highest BCUT2D eigenvalue weighted by atomic mass is 19.4. The SMILES string of the molecule is Cc1cc([B-](F)(F)F)cc[n+]1C(C)C. The third-order valence-electron chi connectivity index (χ3n) is 2.14. The van der Waals surface area contributed by atoms with Crippen LogP contribution in [-0.4, -0.2) is 6.98 Å². The van der Waals surface area contributed by atoms with E-state index in [2.05, 4.69) is 0 Å². The van der Waals surface area contributed by atoms with Crippen LogP contribution in [0.4, 0.5) is 12.9 Å². The molecule has 0 fully saturated rings. The molecule has 1 nitrogen and oxygen atoms in total. The number of pyridine rings is 1. The zero-order chi connectivity index (χ0) is 10.9. The fourth-order valence-electron chi connectivity index (χ4n) is 1.43. The molecule has 0 saturated heterocycles. The molecule has 5 heteroatoms. The third kappa shape index (κ3) is 2.27. The van der Waals surface area contributed by atoms with Crippen LogP contribution in [0.15, 0.2) is 18.3 Å². The molecule has 0 atom stereocenters. The number of aromatic nitrogens is 1. The summed E-state index contributed by atoms with van der Waals surface area (Å²) in [5.41, 5.74) is 0.108. The molecule has 0 unspecified atom stereocenters. The lowest BCUT2D eigenvalue weighted by Gasteiger charge is -2.15. The lowest BCUT2D eigenvalue weighted by Crippen LogP contribution is -2.44. The lowest BCUT2D eigenvalue weighted by molar-refractivity contribution is -0.721. The Hall–Kier alpha value is -0.995. The Morgan fingerprint density at radius 3 is 2.21 bits per heavy atom. The van der Waals surface area contributed by atoms with E-state index in [0.717, 1.165) is 6.07 Å². The van der Waals surface area contributed by atoms with Crippen molar-refractivity contribution in [1.29, 1.82) is 0 Å². The van der Waals surface area contributed by atoms with Gasteiger partial charge in [0.15, 0.2) is 17.9 Å². The van der Waals surface area contributed by atoms with Crippen molar-refractivity contribution in [2.45, 2.75) is 26.8 Å². The van der Waals surface area contributed by atoms with E-state index < -0.39 is 12.4 Å². The number of nitrogens with zero attached hydrogens (tertiary/aromatic N) is 1. The zero-order valence-corrected chi connectivity index (χ0v) is 8.47. The van der Waals surface area contributed by atoms with Gasteiger partial charge in [0.1, 0.15) is 0 Å². The highest BCUT2D eigenvalue weighted by Gasteiger charge is 2.27. The van der Waals surface area contributed by atoms with Crippen molar-refractivity contribution in [1.82, 2.24) is 0 Å². The van der Waals surface area contributed by atoms with E-state index in [1.54, 1.807) is 6.92 Å². The number of aryl methyl sites for hydroxylation is 1. The van der Waals surface area contributed by atoms with E-state index in [4.69, 9.17) is 0 Å². The van der Waals surface area contributed by atoms with Crippen molar-refractivity contribution in [3.8, 4) is 0 Å². The number of halogens is 3. The second-order valence-corrected chi connectivity index (χ2v) is 3.68. The summed E-state index contributed by atoms with van der Waals surface area (Å²) in [6.07, 6.45) is 1.49. The molecular weight excluding hydrogens is 190 g/mol. The predicted octanol–water partition coefficient (Wildman–Crippen LogP) is 1.92. The van der Waals surface area contributed by atoms with E-state index >= 15 is 0 Å². The summed E-state index contributed by atoms with van der Waals surface area (Å²) in [6.45, 7) is 0.685. The number of rotatable bonds is 2. The van der Waals surface area contributed by atoms with Crippen LogP contribution in [0.25, 0.3) is 0 Å². The highest BCUT2D eigenvalue weighted by Crippen LogP contribution is 2.08. The maximum absolute atomic E-state index is 12.4. The summed E-state index contributed by atoms with van der Waals surface area (Å²) < 4.78 is 38.9. The third-order valence-corrected chi connectivity index (χ3v) is 2.14. The summed E-state index contributed by atoms with van der Waals surface area (Å²) in [7, 11) is 0. The van der Waals surface area contributed by atoms with Crippen molar-refractivity contribution in [2.75, 3.05) is 0 Å². The number of hydrogen-bond donors (Lipinski definition) is 0. The Kier molecular flexibility index (Phi) is 2.88. The van der Waals surface area contributed by atoms with E-state index in [-0.39, 0.29) is 6.04 Å². The molecule has 0 saturated carbocycles. The standard InChI is InChI=1S/C9H13BF3N/c1-7(2)14-5-4-9(6-8(14)3)10(11,12)13/h4-7H,1-3H3. The van der Waals surface area contributed by atoms with Crippen LogP contribution in [0.2, 0.25) is 0 Å². The van der Waals surface area contributed by atoms with Crippen molar-refractivity contribution in [3.05, 3.63) is 24.0 Å². The molecule has 1 heterocycles. The molecular formula is C9H13BF3N. The molecule has 0 bridgehead atoms. The van der Waals surface area contributed by atoms with Gasteiger partial charge in [-0.2, -0.15) is 0 Å². The van der Waals surface area contributed by atoms with Gasteiger partial charge >= 0.3 is 6.98 Å². The Labute approximate surface area is 81.6 Å². The van der Waals surface area contributed by atoms with Gasteiger partial charge in [0.2, 0.25) is 0 Å². The first kappa shape index (κ1) is 11.1. The minimum Gasteiger partial charge on any atom is -0.445 e. The molecule has 78 valence electrons. The van der Waals surface area contributed by atoms with Crippen LogP contribution >= 0.6 is 0 Å². The molecule has 14 heavy (non-hydrogen) atoms. The van der Waals surface area contributed by atoms with Crippen LogP contribution < -0.4 is 10.0 Å². The molecule has 0 aromatic carbocycles. The van der Waals surface area contributed by atoms with Crippen molar-refractivity contribution in [2.24, 2.45) is 0 Å². The van der Waals surface area contributed by atoms with Gasteiger partial charge < -0.3 is 12.9 Å². The van der Waals surface area contributed by atoms with Gasteiger partial charge in [-0.15, -0.1) is 0 Å². The van der Waals surface area contributed by atoms with Crippen LogP contribution in [0.5, 0.6) is 0 Å². The predicted molar refractivity (Wildman–Crippen MR) is 50.5 cm³/mol. The van der Waals surface area contributed by atoms with Gasteiger partial charge in [0, 0.05) is 6.92 Å². The topological polar surface area (TPSA) is 3.88 Å². The average Bonchev–Trinajstić information content (AvgIpc) is 2.01. The zero-order valence-electron chi connectivity index (χ0n) is 8.47. The van der Waals surface area contributed by atoms with Gasteiger partial charge in [0.25, 0.3) is 0 Å². The molecule has 0 aliphatic carbocycles. The minimum absolute atomic E-state index is 0.185. The quantitative estimate of drug-likeness (QED) is 0.510. The van der Waals surface area contributed by atoms with Gasteiger partial charge in [-0.3, -0.25) is 0 Å².